The van der Waals surface area contributed by atoms with Crippen molar-refractivity contribution in [2.45, 2.75) is 4.90 Å². The molecule has 122 valence electrons. The summed E-state index contributed by atoms with van der Waals surface area (Å²) in [5.41, 5.74) is 0. The molecule has 0 atom stereocenters. The van der Waals surface area contributed by atoms with E-state index in [9.17, 15) is 8.42 Å². The Labute approximate surface area is 152 Å². The molecule has 0 spiro atoms. The molecular formula is C20H11ClO2S2. The molecule has 0 aliphatic carbocycles. The van der Waals surface area contributed by atoms with Gasteiger partial charge in [0.25, 0.3) is 9.05 Å². The van der Waals surface area contributed by atoms with Crippen LogP contribution in [0.25, 0.3) is 41.7 Å². The Balaban J connectivity index is 2.10. The number of fused-ring (bicyclic) bond motifs is 7. The van der Waals surface area contributed by atoms with Gasteiger partial charge in [0.2, 0.25) is 0 Å². The Bertz CT molecular complexity index is 1420. The Morgan fingerprint density at radius 1 is 0.760 bits per heavy atom. The van der Waals surface area contributed by atoms with Gasteiger partial charge < -0.3 is 0 Å². The van der Waals surface area contributed by atoms with Gasteiger partial charge in [-0.15, -0.1) is 11.3 Å². The summed E-state index contributed by atoms with van der Waals surface area (Å²) in [5, 5.41) is 6.18. The Morgan fingerprint density at radius 2 is 1.44 bits per heavy atom. The van der Waals surface area contributed by atoms with Crippen molar-refractivity contribution in [3.05, 3.63) is 66.7 Å². The van der Waals surface area contributed by atoms with Crippen LogP contribution in [0.5, 0.6) is 0 Å². The normalized spacial score (nSPS) is 12.5. The third kappa shape index (κ3) is 2.18. The van der Waals surface area contributed by atoms with Crippen molar-refractivity contribution in [3.63, 3.8) is 0 Å². The fraction of sp³-hybridized carbons (Fsp3) is 0. The molecule has 2 nitrogen and oxygen atoms in total. The molecule has 0 fully saturated rings. The summed E-state index contributed by atoms with van der Waals surface area (Å²) in [4.78, 5) is 0.174. The maximum Gasteiger partial charge on any atom is 0.261 e. The summed E-state index contributed by atoms with van der Waals surface area (Å²) in [5.74, 6) is 0. The van der Waals surface area contributed by atoms with Crippen LogP contribution >= 0.6 is 22.0 Å². The van der Waals surface area contributed by atoms with E-state index in [-0.39, 0.29) is 4.90 Å². The predicted molar refractivity (Wildman–Crippen MR) is 107 cm³/mol. The third-order valence-corrected chi connectivity index (χ3v) is 7.14. The van der Waals surface area contributed by atoms with Crippen molar-refractivity contribution in [3.8, 4) is 0 Å². The zero-order valence-corrected chi connectivity index (χ0v) is 15.3. The van der Waals surface area contributed by atoms with Crippen LogP contribution in [0.2, 0.25) is 0 Å². The summed E-state index contributed by atoms with van der Waals surface area (Å²) in [6.45, 7) is 0. The lowest BCUT2D eigenvalue weighted by molar-refractivity contribution is 0.610. The van der Waals surface area contributed by atoms with E-state index in [0.29, 0.717) is 5.39 Å². The highest BCUT2D eigenvalue weighted by Crippen LogP contribution is 2.43. The van der Waals surface area contributed by atoms with Crippen LogP contribution in [0.15, 0.2) is 71.6 Å². The standard InChI is InChI=1S/C20H11ClO2S2/c21-25(22,23)18-11-17-19(15-8-4-3-7-14(15)18)16-10-9-12-5-1-2-6-13(12)20(16)24-17/h1-11H. The van der Waals surface area contributed by atoms with Crippen molar-refractivity contribution < 1.29 is 8.42 Å². The molecule has 25 heavy (non-hydrogen) atoms. The van der Waals surface area contributed by atoms with Crippen LogP contribution in [0.3, 0.4) is 0 Å². The van der Waals surface area contributed by atoms with Crippen LogP contribution in [-0.2, 0) is 9.05 Å². The van der Waals surface area contributed by atoms with E-state index in [0.717, 1.165) is 20.9 Å². The molecule has 0 saturated carbocycles. The zero-order valence-electron chi connectivity index (χ0n) is 12.9. The number of hydrogen-bond donors (Lipinski definition) is 0. The second-order valence-electron chi connectivity index (χ2n) is 6.00. The van der Waals surface area contributed by atoms with Gasteiger partial charge in [-0.1, -0.05) is 60.7 Å². The first-order valence-corrected chi connectivity index (χ1v) is 10.9. The molecule has 0 aliphatic heterocycles. The van der Waals surface area contributed by atoms with E-state index in [1.165, 1.54) is 15.5 Å². The van der Waals surface area contributed by atoms with Gasteiger partial charge in [-0.25, -0.2) is 8.42 Å². The Kier molecular flexibility index (Phi) is 3.14. The maximum atomic E-state index is 12.1. The Morgan fingerprint density at radius 3 is 2.20 bits per heavy atom. The van der Waals surface area contributed by atoms with Gasteiger partial charge in [-0.2, -0.15) is 0 Å². The van der Waals surface area contributed by atoms with E-state index >= 15 is 0 Å². The summed E-state index contributed by atoms with van der Waals surface area (Å²) in [6, 6.07) is 21.7. The van der Waals surface area contributed by atoms with Crippen LogP contribution < -0.4 is 0 Å². The molecule has 5 heteroatoms. The monoisotopic (exact) mass is 382 g/mol. The summed E-state index contributed by atoms with van der Waals surface area (Å²) < 4.78 is 26.3. The van der Waals surface area contributed by atoms with Gasteiger partial charge in [0, 0.05) is 36.2 Å². The lowest BCUT2D eigenvalue weighted by atomic mass is 10.0. The molecule has 0 aliphatic rings. The minimum atomic E-state index is -3.82. The highest BCUT2D eigenvalue weighted by atomic mass is 35.7. The minimum Gasteiger partial charge on any atom is -0.207 e. The largest absolute Gasteiger partial charge is 0.261 e. The van der Waals surface area contributed by atoms with E-state index in [1.807, 2.05) is 36.4 Å². The van der Waals surface area contributed by atoms with Crippen LogP contribution in [0.1, 0.15) is 0 Å². The van der Waals surface area contributed by atoms with Crippen LogP contribution in [-0.4, -0.2) is 8.42 Å². The molecule has 0 saturated heterocycles. The second kappa shape index (κ2) is 5.18. The van der Waals surface area contributed by atoms with Crippen molar-refractivity contribution in [1.29, 1.82) is 0 Å². The quantitative estimate of drug-likeness (QED) is 0.319. The molecule has 0 amide bonds. The summed E-state index contributed by atoms with van der Waals surface area (Å²) in [6.07, 6.45) is 0. The summed E-state index contributed by atoms with van der Waals surface area (Å²) >= 11 is 1.61. The summed E-state index contributed by atoms with van der Waals surface area (Å²) in [7, 11) is 1.89. The first-order valence-electron chi connectivity index (χ1n) is 7.74. The van der Waals surface area contributed by atoms with Gasteiger partial charge in [0.15, 0.2) is 0 Å². The molecule has 1 aromatic heterocycles. The molecule has 0 N–H and O–H groups in total. The zero-order chi connectivity index (χ0) is 17.2. The van der Waals surface area contributed by atoms with Gasteiger partial charge in [0.1, 0.15) is 0 Å². The van der Waals surface area contributed by atoms with E-state index in [1.54, 1.807) is 17.4 Å². The van der Waals surface area contributed by atoms with E-state index < -0.39 is 9.05 Å². The van der Waals surface area contributed by atoms with E-state index in [2.05, 4.69) is 24.3 Å². The fourth-order valence-corrected chi connectivity index (χ4v) is 5.99. The first kappa shape index (κ1) is 15.1. The molecule has 0 unspecified atom stereocenters. The second-order valence-corrected chi connectivity index (χ2v) is 9.58. The molecule has 0 radical (unpaired) electrons. The van der Waals surface area contributed by atoms with E-state index in [4.69, 9.17) is 10.7 Å². The SMILES string of the molecule is O=S(=O)(Cl)c1cc2sc3c4ccccc4ccc3c2c2ccccc12. The van der Waals surface area contributed by atoms with Crippen molar-refractivity contribution in [1.82, 2.24) is 0 Å². The van der Waals surface area contributed by atoms with Gasteiger partial charge >= 0.3 is 0 Å². The highest BCUT2D eigenvalue weighted by Gasteiger charge is 2.19. The number of benzene rings is 4. The van der Waals surface area contributed by atoms with Crippen molar-refractivity contribution in [2.75, 3.05) is 0 Å². The molecule has 5 aromatic rings. The Hall–Kier alpha value is -2.14. The smallest absolute Gasteiger partial charge is 0.207 e. The minimum absolute atomic E-state index is 0.174. The average Bonchev–Trinajstić information content (AvgIpc) is 2.99. The lowest BCUT2D eigenvalue weighted by Gasteiger charge is -2.06. The molecule has 0 bridgehead atoms. The van der Waals surface area contributed by atoms with Gasteiger partial charge in [0.05, 0.1) is 4.90 Å². The topological polar surface area (TPSA) is 34.1 Å². The number of halogens is 1. The molecule has 1 heterocycles. The number of hydrogen-bond acceptors (Lipinski definition) is 3. The molecule has 5 rings (SSSR count). The maximum absolute atomic E-state index is 12.1. The van der Waals surface area contributed by atoms with Crippen molar-refractivity contribution in [2.24, 2.45) is 0 Å². The average molecular weight is 383 g/mol. The fourth-order valence-electron chi connectivity index (χ4n) is 3.54. The highest BCUT2D eigenvalue weighted by molar-refractivity contribution is 8.14. The molecular weight excluding hydrogens is 372 g/mol. The number of rotatable bonds is 1. The third-order valence-electron chi connectivity index (χ3n) is 4.59. The van der Waals surface area contributed by atoms with Crippen LogP contribution in [0.4, 0.5) is 0 Å². The van der Waals surface area contributed by atoms with Crippen LogP contribution in [0, 0.1) is 0 Å². The predicted octanol–water partition coefficient (Wildman–Crippen LogP) is 6.29. The van der Waals surface area contributed by atoms with Gasteiger partial charge in [-0.3, -0.25) is 0 Å². The van der Waals surface area contributed by atoms with Gasteiger partial charge in [-0.05, 0) is 22.2 Å². The lowest BCUT2D eigenvalue weighted by Crippen LogP contribution is -1.92. The molecule has 4 aromatic carbocycles. The first-order chi connectivity index (χ1) is 12.0. The number of thiophene rings is 1. The van der Waals surface area contributed by atoms with Crippen molar-refractivity contribution >= 4 is 72.8 Å².